The molecular weight excluding hydrogens is 298 g/mol. The molecule has 1 N–H and O–H groups in total. The van der Waals surface area contributed by atoms with Crippen LogP contribution in [-0.2, 0) is 0 Å². The van der Waals surface area contributed by atoms with E-state index in [1.807, 2.05) is 18.2 Å². The van der Waals surface area contributed by atoms with E-state index >= 15 is 0 Å². The van der Waals surface area contributed by atoms with Crippen molar-refractivity contribution in [2.24, 2.45) is 0 Å². The molecule has 0 aliphatic carbocycles. The maximum atomic E-state index is 5.37. The van der Waals surface area contributed by atoms with Gasteiger partial charge in [0.2, 0.25) is 0 Å². The van der Waals surface area contributed by atoms with Gasteiger partial charge >= 0.3 is 0 Å². The molecule has 0 atom stereocenters. The van der Waals surface area contributed by atoms with Crippen molar-refractivity contribution in [1.82, 2.24) is 4.98 Å². The van der Waals surface area contributed by atoms with Crippen molar-refractivity contribution in [3.8, 4) is 22.8 Å². The van der Waals surface area contributed by atoms with Gasteiger partial charge in [-0.05, 0) is 18.2 Å². The quantitative estimate of drug-likeness (QED) is 0.918. The summed E-state index contributed by atoms with van der Waals surface area (Å²) in [4.78, 5) is 8.77. The average molecular weight is 320 g/mol. The van der Waals surface area contributed by atoms with Crippen molar-refractivity contribution in [2.45, 2.75) is 0 Å². The number of piperazine rings is 1. The van der Waals surface area contributed by atoms with Gasteiger partial charge in [-0.2, -0.15) is 0 Å². The van der Waals surface area contributed by atoms with E-state index in [0.29, 0.717) is 0 Å². The van der Waals surface area contributed by atoms with Crippen molar-refractivity contribution < 1.29 is 14.4 Å². The zero-order chi connectivity index (χ0) is 15.5. The molecule has 2 aromatic rings. The van der Waals surface area contributed by atoms with Crippen LogP contribution in [0.5, 0.6) is 11.5 Å². The molecule has 0 spiro atoms. The second-order valence-corrected chi connectivity index (χ2v) is 6.37. The maximum absolute atomic E-state index is 5.37. The molecule has 118 valence electrons. The highest BCUT2D eigenvalue weighted by molar-refractivity contribution is 7.14. The summed E-state index contributed by atoms with van der Waals surface area (Å²) in [6.07, 6.45) is 0. The van der Waals surface area contributed by atoms with E-state index in [9.17, 15) is 0 Å². The first-order chi connectivity index (χ1) is 10.7. The standard InChI is InChI=1S/C16H21N3O2S/c1-18-6-8-19(9-7-18)16-17-13(11-22-16)12-4-5-14(20-2)15(10-12)21-3/h4-5,10-11H,6-9H2,1-3H3/p+1. The smallest absolute Gasteiger partial charge is 0.186 e. The predicted molar refractivity (Wildman–Crippen MR) is 89.5 cm³/mol. The Labute approximate surface area is 135 Å². The number of hydrogen-bond donors (Lipinski definition) is 1. The first kappa shape index (κ1) is 15.1. The van der Waals surface area contributed by atoms with Crippen molar-refractivity contribution in [1.29, 1.82) is 0 Å². The second kappa shape index (κ2) is 6.54. The molecule has 0 saturated carbocycles. The number of quaternary nitrogens is 1. The molecule has 1 aromatic heterocycles. The first-order valence-corrected chi connectivity index (χ1v) is 8.33. The lowest BCUT2D eigenvalue weighted by Crippen LogP contribution is -3.12. The zero-order valence-corrected chi connectivity index (χ0v) is 14.1. The molecule has 0 bridgehead atoms. The Bertz CT molecular complexity index is 636. The molecule has 0 unspecified atom stereocenters. The minimum absolute atomic E-state index is 0.734. The molecule has 22 heavy (non-hydrogen) atoms. The van der Waals surface area contributed by atoms with Gasteiger partial charge < -0.3 is 19.3 Å². The number of nitrogens with zero attached hydrogens (tertiary/aromatic N) is 2. The van der Waals surface area contributed by atoms with Crippen LogP contribution in [0.1, 0.15) is 0 Å². The third kappa shape index (κ3) is 3.03. The summed E-state index contributed by atoms with van der Waals surface area (Å²) in [6, 6.07) is 5.92. The molecule has 0 amide bonds. The lowest BCUT2D eigenvalue weighted by atomic mass is 10.1. The number of ether oxygens (including phenoxy) is 2. The fourth-order valence-electron chi connectivity index (χ4n) is 2.62. The summed E-state index contributed by atoms with van der Waals surface area (Å²) in [6.45, 7) is 4.49. The lowest BCUT2D eigenvalue weighted by molar-refractivity contribution is -0.880. The Balaban J connectivity index is 1.81. The summed E-state index contributed by atoms with van der Waals surface area (Å²) in [5, 5.41) is 3.22. The average Bonchev–Trinajstić information content (AvgIpc) is 3.05. The van der Waals surface area contributed by atoms with Gasteiger partial charge in [-0.3, -0.25) is 0 Å². The SMILES string of the molecule is COc1ccc(-c2csc(N3CC[NH+](C)CC3)n2)cc1OC. The zero-order valence-electron chi connectivity index (χ0n) is 13.3. The second-order valence-electron chi connectivity index (χ2n) is 5.53. The van der Waals surface area contributed by atoms with Crippen molar-refractivity contribution >= 4 is 16.5 Å². The summed E-state index contributed by atoms with van der Waals surface area (Å²) >= 11 is 1.71. The molecule has 1 fully saturated rings. The van der Waals surface area contributed by atoms with E-state index in [1.165, 1.54) is 13.1 Å². The fourth-order valence-corrected chi connectivity index (χ4v) is 3.51. The van der Waals surface area contributed by atoms with Crippen LogP contribution in [0.2, 0.25) is 0 Å². The van der Waals surface area contributed by atoms with Crippen molar-refractivity contribution in [3.63, 3.8) is 0 Å². The number of anilines is 1. The van der Waals surface area contributed by atoms with Gasteiger partial charge in [0.05, 0.1) is 53.1 Å². The molecule has 1 aliphatic rings. The van der Waals surface area contributed by atoms with Crippen LogP contribution in [0.3, 0.4) is 0 Å². The monoisotopic (exact) mass is 320 g/mol. The van der Waals surface area contributed by atoms with Crippen molar-refractivity contribution in [3.05, 3.63) is 23.6 Å². The number of rotatable bonds is 4. The molecule has 1 aliphatic heterocycles. The molecule has 3 rings (SSSR count). The highest BCUT2D eigenvalue weighted by Crippen LogP contribution is 2.34. The Morgan fingerprint density at radius 2 is 1.86 bits per heavy atom. The van der Waals surface area contributed by atoms with Crippen LogP contribution in [-0.4, -0.2) is 52.4 Å². The first-order valence-electron chi connectivity index (χ1n) is 7.45. The Kier molecular flexibility index (Phi) is 4.49. The number of thiazole rings is 1. The number of aromatic nitrogens is 1. The van der Waals surface area contributed by atoms with Crippen LogP contribution in [0.4, 0.5) is 5.13 Å². The van der Waals surface area contributed by atoms with Gasteiger partial charge in [0, 0.05) is 10.9 Å². The minimum Gasteiger partial charge on any atom is -0.493 e. The number of methoxy groups -OCH3 is 2. The third-order valence-electron chi connectivity index (χ3n) is 4.06. The summed E-state index contributed by atoms with van der Waals surface area (Å²) in [5.41, 5.74) is 2.05. The normalized spacial score (nSPS) is 15.9. The highest BCUT2D eigenvalue weighted by Gasteiger charge is 2.20. The molecule has 2 heterocycles. The Morgan fingerprint density at radius 1 is 1.14 bits per heavy atom. The van der Waals surface area contributed by atoms with E-state index in [-0.39, 0.29) is 0 Å². The highest BCUT2D eigenvalue weighted by atomic mass is 32.1. The van der Waals surface area contributed by atoms with Gasteiger partial charge in [-0.25, -0.2) is 4.98 Å². The van der Waals surface area contributed by atoms with Gasteiger partial charge in [-0.15, -0.1) is 11.3 Å². The van der Waals surface area contributed by atoms with E-state index in [0.717, 1.165) is 41.0 Å². The third-order valence-corrected chi connectivity index (χ3v) is 4.96. The van der Waals surface area contributed by atoms with Crippen LogP contribution in [0.15, 0.2) is 23.6 Å². The van der Waals surface area contributed by atoms with E-state index in [1.54, 1.807) is 30.5 Å². The van der Waals surface area contributed by atoms with Gasteiger partial charge in [0.25, 0.3) is 0 Å². The molecule has 6 heteroatoms. The number of likely N-dealkylation sites (N-methyl/N-ethyl adjacent to an activating group) is 1. The maximum Gasteiger partial charge on any atom is 0.186 e. The van der Waals surface area contributed by atoms with Gasteiger partial charge in [-0.1, -0.05) is 0 Å². The van der Waals surface area contributed by atoms with Crippen LogP contribution >= 0.6 is 11.3 Å². The molecule has 1 aromatic carbocycles. The molecule has 5 nitrogen and oxygen atoms in total. The predicted octanol–water partition coefficient (Wildman–Crippen LogP) is 1.16. The molecule has 1 saturated heterocycles. The van der Waals surface area contributed by atoms with E-state index in [4.69, 9.17) is 14.5 Å². The summed E-state index contributed by atoms with van der Waals surface area (Å²) < 4.78 is 10.7. The fraction of sp³-hybridized carbons (Fsp3) is 0.438. The summed E-state index contributed by atoms with van der Waals surface area (Å²) in [5.74, 6) is 1.47. The van der Waals surface area contributed by atoms with Gasteiger partial charge in [0.15, 0.2) is 16.6 Å². The van der Waals surface area contributed by atoms with Crippen LogP contribution in [0, 0.1) is 0 Å². The lowest BCUT2D eigenvalue weighted by Gasteiger charge is -2.29. The number of hydrogen-bond acceptors (Lipinski definition) is 5. The number of nitrogens with one attached hydrogen (secondary N) is 1. The molecular formula is C16H22N3O2S+. The number of benzene rings is 1. The van der Waals surface area contributed by atoms with Crippen LogP contribution in [0.25, 0.3) is 11.3 Å². The minimum atomic E-state index is 0.734. The summed E-state index contributed by atoms with van der Waals surface area (Å²) in [7, 11) is 5.54. The van der Waals surface area contributed by atoms with E-state index < -0.39 is 0 Å². The largest absolute Gasteiger partial charge is 0.493 e. The van der Waals surface area contributed by atoms with Crippen molar-refractivity contribution in [2.75, 3.05) is 52.3 Å². The van der Waals surface area contributed by atoms with E-state index in [2.05, 4.69) is 17.3 Å². The van der Waals surface area contributed by atoms with Gasteiger partial charge in [0.1, 0.15) is 0 Å². The topological polar surface area (TPSA) is 39.0 Å². The Morgan fingerprint density at radius 3 is 2.55 bits per heavy atom. The Hall–Kier alpha value is -1.79. The van der Waals surface area contributed by atoms with Crippen LogP contribution < -0.4 is 19.3 Å². The molecule has 0 radical (unpaired) electrons.